The van der Waals surface area contributed by atoms with Crippen molar-refractivity contribution in [3.8, 4) is 0 Å². The molecule has 0 spiro atoms. The van der Waals surface area contributed by atoms with E-state index in [1.807, 2.05) is 17.0 Å². The molecule has 0 aromatic heterocycles. The topological polar surface area (TPSA) is 58.6 Å². The molecule has 1 heterocycles. The van der Waals surface area contributed by atoms with Crippen molar-refractivity contribution in [2.75, 3.05) is 31.6 Å². The lowest BCUT2D eigenvalue weighted by Gasteiger charge is -2.32. The third-order valence-electron chi connectivity index (χ3n) is 5.19. The first-order valence-corrected chi connectivity index (χ1v) is 9.99. The van der Waals surface area contributed by atoms with Crippen LogP contribution < -0.4 is 5.32 Å². The average Bonchev–Trinajstić information content (AvgIpc) is 2.73. The van der Waals surface area contributed by atoms with Crippen molar-refractivity contribution in [3.63, 3.8) is 0 Å². The Kier molecular flexibility index (Phi) is 7.06. The summed E-state index contributed by atoms with van der Waals surface area (Å²) in [6.07, 6.45) is 3.13. The molecular formula is C23H28N2O3. The number of ether oxygens (including phenoxy) is 1. The van der Waals surface area contributed by atoms with Crippen LogP contribution in [0.3, 0.4) is 0 Å². The zero-order chi connectivity index (χ0) is 19.8. The van der Waals surface area contributed by atoms with E-state index in [4.69, 9.17) is 4.74 Å². The maximum absolute atomic E-state index is 12.6. The van der Waals surface area contributed by atoms with Gasteiger partial charge in [0.15, 0.2) is 0 Å². The van der Waals surface area contributed by atoms with Crippen LogP contribution in [0.1, 0.15) is 35.7 Å². The van der Waals surface area contributed by atoms with E-state index in [1.165, 1.54) is 5.56 Å². The molecule has 5 nitrogen and oxygen atoms in total. The fourth-order valence-electron chi connectivity index (χ4n) is 3.64. The van der Waals surface area contributed by atoms with Gasteiger partial charge in [0.05, 0.1) is 18.7 Å². The first-order valence-electron chi connectivity index (χ1n) is 9.99. The van der Waals surface area contributed by atoms with Crippen LogP contribution in [0.4, 0.5) is 5.69 Å². The van der Waals surface area contributed by atoms with Crippen molar-refractivity contribution in [1.29, 1.82) is 0 Å². The monoisotopic (exact) mass is 380 g/mol. The Bertz CT molecular complexity index is 783. The standard InChI is InChI=1S/C23H28N2O3/c1-2-28-23(27)20-10-6-7-11-21(20)24-17-22(26)25-14-12-19(13-15-25)16-18-8-4-3-5-9-18/h3-11,19,24H,2,12-17H2,1H3. The number of anilines is 1. The molecule has 1 aliphatic rings. The predicted molar refractivity (Wildman–Crippen MR) is 110 cm³/mol. The van der Waals surface area contributed by atoms with Gasteiger partial charge in [-0.05, 0) is 49.8 Å². The lowest BCUT2D eigenvalue weighted by atomic mass is 9.90. The maximum Gasteiger partial charge on any atom is 0.340 e. The Labute approximate surface area is 166 Å². The van der Waals surface area contributed by atoms with Gasteiger partial charge in [-0.3, -0.25) is 4.79 Å². The van der Waals surface area contributed by atoms with Gasteiger partial charge in [0.25, 0.3) is 0 Å². The molecule has 3 rings (SSSR count). The summed E-state index contributed by atoms with van der Waals surface area (Å²) in [6, 6.07) is 17.7. The molecule has 0 radical (unpaired) electrons. The molecule has 0 bridgehead atoms. The molecule has 0 saturated carbocycles. The van der Waals surface area contributed by atoms with Gasteiger partial charge in [0.1, 0.15) is 0 Å². The number of hydrogen-bond donors (Lipinski definition) is 1. The van der Waals surface area contributed by atoms with E-state index in [-0.39, 0.29) is 18.4 Å². The zero-order valence-electron chi connectivity index (χ0n) is 16.4. The number of piperidine rings is 1. The summed E-state index contributed by atoms with van der Waals surface area (Å²) in [5.74, 6) is 0.320. The minimum atomic E-state index is -0.375. The summed E-state index contributed by atoms with van der Waals surface area (Å²) >= 11 is 0. The molecule has 0 unspecified atom stereocenters. The van der Waals surface area contributed by atoms with Crippen molar-refractivity contribution in [3.05, 3.63) is 65.7 Å². The third-order valence-corrected chi connectivity index (χ3v) is 5.19. The van der Waals surface area contributed by atoms with Crippen molar-refractivity contribution in [1.82, 2.24) is 4.90 Å². The Balaban J connectivity index is 1.48. The third kappa shape index (κ3) is 5.35. The van der Waals surface area contributed by atoms with Gasteiger partial charge < -0.3 is 15.0 Å². The number of nitrogens with one attached hydrogen (secondary N) is 1. The van der Waals surface area contributed by atoms with E-state index < -0.39 is 0 Å². The smallest absolute Gasteiger partial charge is 0.340 e. The summed E-state index contributed by atoms with van der Waals surface area (Å²) in [7, 11) is 0. The summed E-state index contributed by atoms with van der Waals surface area (Å²) in [5.41, 5.74) is 2.46. The molecule has 1 saturated heterocycles. The first-order chi connectivity index (χ1) is 13.7. The number of hydrogen-bond acceptors (Lipinski definition) is 4. The van der Waals surface area contributed by atoms with Crippen LogP contribution in [0.15, 0.2) is 54.6 Å². The highest BCUT2D eigenvalue weighted by atomic mass is 16.5. The van der Waals surface area contributed by atoms with Gasteiger partial charge in [0.2, 0.25) is 5.91 Å². The Hall–Kier alpha value is -2.82. The van der Waals surface area contributed by atoms with Gasteiger partial charge in [0, 0.05) is 18.8 Å². The summed E-state index contributed by atoms with van der Waals surface area (Å²) in [4.78, 5) is 26.5. The van der Waals surface area contributed by atoms with E-state index in [9.17, 15) is 9.59 Å². The zero-order valence-corrected chi connectivity index (χ0v) is 16.4. The van der Waals surface area contributed by atoms with Crippen LogP contribution in [0.2, 0.25) is 0 Å². The summed E-state index contributed by atoms with van der Waals surface area (Å²) in [5, 5.41) is 3.11. The SMILES string of the molecule is CCOC(=O)c1ccccc1NCC(=O)N1CCC(Cc2ccccc2)CC1. The number of esters is 1. The molecule has 5 heteroatoms. The highest BCUT2D eigenvalue weighted by Crippen LogP contribution is 2.22. The van der Waals surface area contributed by atoms with Crippen molar-refractivity contribution in [2.45, 2.75) is 26.2 Å². The summed E-state index contributed by atoms with van der Waals surface area (Å²) in [6.45, 7) is 3.86. The number of benzene rings is 2. The molecule has 1 aliphatic heterocycles. The molecule has 0 atom stereocenters. The first kappa shape index (κ1) is 19.9. The second-order valence-corrected chi connectivity index (χ2v) is 7.13. The van der Waals surface area contributed by atoms with Crippen LogP contribution in [0.5, 0.6) is 0 Å². The predicted octanol–water partition coefficient (Wildman–Crippen LogP) is 3.76. The van der Waals surface area contributed by atoms with Crippen LogP contribution in [-0.4, -0.2) is 43.0 Å². The van der Waals surface area contributed by atoms with E-state index in [1.54, 1.807) is 25.1 Å². The Morgan fingerprint density at radius 3 is 2.43 bits per heavy atom. The number of rotatable bonds is 7. The lowest BCUT2D eigenvalue weighted by Crippen LogP contribution is -2.41. The van der Waals surface area contributed by atoms with Gasteiger partial charge >= 0.3 is 5.97 Å². The molecule has 2 aromatic carbocycles. The molecule has 2 aromatic rings. The fourth-order valence-corrected chi connectivity index (χ4v) is 3.64. The summed E-state index contributed by atoms with van der Waals surface area (Å²) < 4.78 is 5.08. The molecule has 1 N–H and O–H groups in total. The largest absolute Gasteiger partial charge is 0.462 e. The number of amides is 1. The van der Waals surface area contributed by atoms with E-state index in [0.717, 1.165) is 32.4 Å². The number of likely N-dealkylation sites (tertiary alicyclic amines) is 1. The van der Waals surface area contributed by atoms with Crippen LogP contribution in [-0.2, 0) is 16.0 Å². The minimum Gasteiger partial charge on any atom is -0.462 e. The number of nitrogens with zero attached hydrogens (tertiary/aromatic N) is 1. The van der Waals surface area contributed by atoms with Gasteiger partial charge in [-0.15, -0.1) is 0 Å². The lowest BCUT2D eigenvalue weighted by molar-refractivity contribution is -0.130. The van der Waals surface area contributed by atoms with Crippen molar-refractivity contribution >= 4 is 17.6 Å². The van der Waals surface area contributed by atoms with Gasteiger partial charge in [-0.25, -0.2) is 4.79 Å². The molecular weight excluding hydrogens is 352 g/mol. The fraction of sp³-hybridized carbons (Fsp3) is 0.391. The quantitative estimate of drug-likeness (QED) is 0.743. The van der Waals surface area contributed by atoms with Crippen LogP contribution >= 0.6 is 0 Å². The molecule has 0 aliphatic carbocycles. The van der Waals surface area contributed by atoms with Gasteiger partial charge in [-0.1, -0.05) is 42.5 Å². The molecule has 1 amide bonds. The molecule has 148 valence electrons. The molecule has 1 fully saturated rings. The van der Waals surface area contributed by atoms with E-state index in [2.05, 4.69) is 29.6 Å². The van der Waals surface area contributed by atoms with E-state index in [0.29, 0.717) is 23.8 Å². The maximum atomic E-state index is 12.6. The molecule has 28 heavy (non-hydrogen) atoms. The Morgan fingerprint density at radius 1 is 1.04 bits per heavy atom. The van der Waals surface area contributed by atoms with Crippen molar-refractivity contribution < 1.29 is 14.3 Å². The number of carbonyl (C=O) groups is 2. The second-order valence-electron chi connectivity index (χ2n) is 7.13. The van der Waals surface area contributed by atoms with Crippen LogP contribution in [0, 0.1) is 5.92 Å². The number of para-hydroxylation sites is 1. The average molecular weight is 380 g/mol. The normalized spacial score (nSPS) is 14.5. The van der Waals surface area contributed by atoms with Gasteiger partial charge in [-0.2, -0.15) is 0 Å². The second kappa shape index (κ2) is 9.93. The number of carbonyl (C=O) groups excluding carboxylic acids is 2. The Morgan fingerprint density at radius 2 is 1.71 bits per heavy atom. The highest BCUT2D eigenvalue weighted by Gasteiger charge is 2.23. The minimum absolute atomic E-state index is 0.0665. The highest BCUT2D eigenvalue weighted by molar-refractivity contribution is 5.96. The van der Waals surface area contributed by atoms with Crippen molar-refractivity contribution in [2.24, 2.45) is 5.92 Å². The van der Waals surface area contributed by atoms with Crippen LogP contribution in [0.25, 0.3) is 0 Å². The van der Waals surface area contributed by atoms with E-state index >= 15 is 0 Å².